The van der Waals surface area contributed by atoms with Crippen LogP contribution in [0.15, 0.2) is 71.8 Å². The Morgan fingerprint density at radius 2 is 1.68 bits per heavy atom. The Morgan fingerprint density at radius 3 is 2.52 bits per heavy atom. The summed E-state index contributed by atoms with van der Waals surface area (Å²) in [6.45, 7) is 3.11. The molecule has 3 aromatic rings. The summed E-state index contributed by atoms with van der Waals surface area (Å²) in [5.74, 6) is 1.65. The number of nitrogens with zero attached hydrogens (tertiary/aromatic N) is 3. The SMILES string of the molecule is c1ccc(C(=NNc2ccc3ccccc3n2)N2CCOCC2)cc1. The van der Waals surface area contributed by atoms with Crippen LogP contribution < -0.4 is 5.43 Å². The number of hydrogen-bond donors (Lipinski definition) is 1. The third-order valence-corrected chi connectivity index (χ3v) is 4.22. The predicted molar refractivity (Wildman–Crippen MR) is 101 cm³/mol. The number of morpholine rings is 1. The Kier molecular flexibility index (Phi) is 4.57. The van der Waals surface area contributed by atoms with Gasteiger partial charge >= 0.3 is 0 Å². The van der Waals surface area contributed by atoms with Crippen LogP contribution in [0.3, 0.4) is 0 Å². The molecule has 2 heterocycles. The number of hydrazone groups is 1. The van der Waals surface area contributed by atoms with Crippen LogP contribution in [0.4, 0.5) is 5.82 Å². The maximum absolute atomic E-state index is 5.47. The van der Waals surface area contributed by atoms with Gasteiger partial charge in [-0.25, -0.2) is 4.98 Å². The van der Waals surface area contributed by atoms with Gasteiger partial charge in [0.25, 0.3) is 0 Å². The maximum atomic E-state index is 5.47. The monoisotopic (exact) mass is 332 g/mol. The van der Waals surface area contributed by atoms with Crippen molar-refractivity contribution in [1.82, 2.24) is 9.88 Å². The van der Waals surface area contributed by atoms with Crippen molar-refractivity contribution in [3.63, 3.8) is 0 Å². The maximum Gasteiger partial charge on any atom is 0.156 e. The Morgan fingerprint density at radius 1 is 0.920 bits per heavy atom. The molecule has 126 valence electrons. The van der Waals surface area contributed by atoms with Crippen LogP contribution in [0.5, 0.6) is 0 Å². The van der Waals surface area contributed by atoms with E-state index in [-0.39, 0.29) is 0 Å². The number of amidine groups is 1. The van der Waals surface area contributed by atoms with E-state index in [4.69, 9.17) is 4.74 Å². The van der Waals surface area contributed by atoms with E-state index in [0.717, 1.165) is 54.4 Å². The Bertz CT molecular complexity index is 873. The lowest BCUT2D eigenvalue weighted by molar-refractivity contribution is 0.0682. The van der Waals surface area contributed by atoms with Gasteiger partial charge in [0.15, 0.2) is 5.84 Å². The molecule has 1 aliphatic heterocycles. The van der Waals surface area contributed by atoms with E-state index in [1.165, 1.54) is 0 Å². The van der Waals surface area contributed by atoms with Crippen LogP contribution in [0.2, 0.25) is 0 Å². The number of rotatable bonds is 3. The molecule has 5 heteroatoms. The average Bonchev–Trinajstić information content (AvgIpc) is 2.70. The van der Waals surface area contributed by atoms with E-state index in [9.17, 15) is 0 Å². The Labute approximate surface area is 146 Å². The molecule has 1 N–H and O–H groups in total. The molecule has 0 aliphatic carbocycles. The molecule has 2 aromatic carbocycles. The Hall–Kier alpha value is -2.92. The molecule has 0 atom stereocenters. The highest BCUT2D eigenvalue weighted by molar-refractivity contribution is 5.99. The number of nitrogens with one attached hydrogen (secondary N) is 1. The molecule has 1 fully saturated rings. The molecular weight excluding hydrogens is 312 g/mol. The van der Waals surface area contributed by atoms with Gasteiger partial charge in [0, 0.05) is 24.0 Å². The van der Waals surface area contributed by atoms with Gasteiger partial charge in [-0.05, 0) is 18.2 Å². The lowest BCUT2D eigenvalue weighted by Gasteiger charge is -2.29. The molecule has 0 unspecified atom stereocenters. The molecule has 1 aliphatic rings. The summed E-state index contributed by atoms with van der Waals surface area (Å²) in [5.41, 5.74) is 5.16. The molecule has 0 radical (unpaired) electrons. The van der Waals surface area contributed by atoms with Crippen LogP contribution in [0.1, 0.15) is 5.56 Å². The van der Waals surface area contributed by atoms with Crippen molar-refractivity contribution in [2.24, 2.45) is 5.10 Å². The standard InChI is InChI=1S/C20H20N4O/c1-2-7-17(8-3-1)20(24-12-14-25-15-13-24)23-22-19-11-10-16-6-4-5-9-18(16)21-19/h1-11H,12-15H2,(H,21,22). The van der Waals surface area contributed by atoms with Crippen molar-refractivity contribution < 1.29 is 4.74 Å². The summed E-state index contributed by atoms with van der Waals surface area (Å²) in [7, 11) is 0. The first-order valence-corrected chi connectivity index (χ1v) is 8.48. The molecule has 0 amide bonds. The van der Waals surface area contributed by atoms with Gasteiger partial charge in [0.05, 0.1) is 18.7 Å². The number of pyridine rings is 1. The molecule has 1 saturated heterocycles. The second-order valence-corrected chi connectivity index (χ2v) is 5.90. The van der Waals surface area contributed by atoms with Gasteiger partial charge in [0.1, 0.15) is 5.82 Å². The summed E-state index contributed by atoms with van der Waals surface area (Å²) in [6.07, 6.45) is 0. The normalized spacial score (nSPS) is 15.4. The topological polar surface area (TPSA) is 49.8 Å². The Balaban J connectivity index is 1.63. The minimum absolute atomic E-state index is 0.722. The van der Waals surface area contributed by atoms with Crippen LogP contribution in [0, 0.1) is 0 Å². The van der Waals surface area contributed by atoms with Crippen LogP contribution in [-0.4, -0.2) is 42.0 Å². The highest BCUT2D eigenvalue weighted by Crippen LogP contribution is 2.15. The molecule has 0 bridgehead atoms. The van der Waals surface area contributed by atoms with Crippen LogP contribution in [-0.2, 0) is 4.74 Å². The first-order valence-electron chi connectivity index (χ1n) is 8.48. The number of fused-ring (bicyclic) bond motifs is 1. The summed E-state index contributed by atoms with van der Waals surface area (Å²) in [5, 5.41) is 5.79. The van der Waals surface area contributed by atoms with Gasteiger partial charge in [-0.3, -0.25) is 5.43 Å². The summed E-state index contributed by atoms with van der Waals surface area (Å²) >= 11 is 0. The van der Waals surface area contributed by atoms with E-state index in [1.807, 2.05) is 42.5 Å². The number of aromatic nitrogens is 1. The minimum Gasteiger partial charge on any atom is -0.378 e. The molecule has 0 saturated carbocycles. The third-order valence-electron chi connectivity index (χ3n) is 4.22. The van der Waals surface area contributed by atoms with Crippen molar-refractivity contribution >= 4 is 22.6 Å². The lowest BCUT2D eigenvalue weighted by atomic mass is 10.2. The zero-order valence-electron chi connectivity index (χ0n) is 13.9. The van der Waals surface area contributed by atoms with E-state index >= 15 is 0 Å². The van der Waals surface area contributed by atoms with Crippen molar-refractivity contribution in [1.29, 1.82) is 0 Å². The number of benzene rings is 2. The number of anilines is 1. The van der Waals surface area contributed by atoms with E-state index < -0.39 is 0 Å². The van der Waals surface area contributed by atoms with Crippen molar-refractivity contribution in [2.45, 2.75) is 0 Å². The lowest BCUT2D eigenvalue weighted by Crippen LogP contribution is -2.41. The predicted octanol–water partition coefficient (Wildman–Crippen LogP) is 3.34. The first kappa shape index (κ1) is 15.6. The molecule has 4 rings (SSSR count). The molecular formula is C20H20N4O. The molecule has 5 nitrogen and oxygen atoms in total. The second-order valence-electron chi connectivity index (χ2n) is 5.90. The fraction of sp³-hybridized carbons (Fsp3) is 0.200. The second kappa shape index (κ2) is 7.32. The number of hydrogen-bond acceptors (Lipinski definition) is 4. The van der Waals surface area contributed by atoms with Crippen LogP contribution in [0.25, 0.3) is 10.9 Å². The average molecular weight is 332 g/mol. The highest BCUT2D eigenvalue weighted by Gasteiger charge is 2.17. The number of ether oxygens (including phenoxy) is 1. The zero-order valence-corrected chi connectivity index (χ0v) is 13.9. The van der Waals surface area contributed by atoms with Gasteiger partial charge < -0.3 is 9.64 Å². The van der Waals surface area contributed by atoms with E-state index in [0.29, 0.717) is 0 Å². The van der Waals surface area contributed by atoms with E-state index in [1.54, 1.807) is 0 Å². The quantitative estimate of drug-likeness (QED) is 0.454. The van der Waals surface area contributed by atoms with Gasteiger partial charge in [-0.15, -0.1) is 0 Å². The minimum atomic E-state index is 0.722. The van der Waals surface area contributed by atoms with Crippen molar-refractivity contribution in [3.8, 4) is 0 Å². The smallest absolute Gasteiger partial charge is 0.156 e. The summed E-state index contributed by atoms with van der Waals surface area (Å²) < 4.78 is 5.47. The van der Waals surface area contributed by atoms with Gasteiger partial charge in [0.2, 0.25) is 0 Å². The fourth-order valence-corrected chi connectivity index (χ4v) is 2.92. The van der Waals surface area contributed by atoms with Crippen molar-refractivity contribution in [3.05, 3.63) is 72.3 Å². The summed E-state index contributed by atoms with van der Waals surface area (Å²) in [6, 6.07) is 22.3. The highest BCUT2D eigenvalue weighted by atomic mass is 16.5. The zero-order chi connectivity index (χ0) is 16.9. The van der Waals surface area contributed by atoms with Gasteiger partial charge in [-0.2, -0.15) is 5.10 Å². The third kappa shape index (κ3) is 3.61. The largest absolute Gasteiger partial charge is 0.378 e. The molecule has 0 spiro atoms. The molecule has 1 aromatic heterocycles. The first-order chi connectivity index (χ1) is 12.4. The fourth-order valence-electron chi connectivity index (χ4n) is 2.92. The summed E-state index contributed by atoms with van der Waals surface area (Å²) in [4.78, 5) is 6.87. The van der Waals surface area contributed by atoms with Crippen molar-refractivity contribution in [2.75, 3.05) is 31.7 Å². The van der Waals surface area contributed by atoms with Gasteiger partial charge in [-0.1, -0.05) is 48.5 Å². The van der Waals surface area contributed by atoms with Crippen LogP contribution >= 0.6 is 0 Å². The number of para-hydroxylation sites is 1. The van der Waals surface area contributed by atoms with E-state index in [2.05, 4.69) is 44.7 Å². The molecule has 25 heavy (non-hydrogen) atoms.